The molecule has 1 amide bonds. The second-order valence-corrected chi connectivity index (χ2v) is 6.90. The van der Waals surface area contributed by atoms with Gasteiger partial charge in [0.05, 0.1) is 6.04 Å². The molecule has 0 spiro atoms. The SMILES string of the molecule is Nc1cccc(CC(NC(=O)C(F)(F)F)c2ccccc2-c2noc3ccccc23)n1. The van der Waals surface area contributed by atoms with Crippen molar-refractivity contribution in [3.05, 3.63) is 78.0 Å². The number of para-hydroxylation sites is 1. The number of aromatic nitrogens is 2. The van der Waals surface area contributed by atoms with E-state index in [0.29, 0.717) is 33.5 Å². The van der Waals surface area contributed by atoms with Gasteiger partial charge in [-0.3, -0.25) is 4.79 Å². The van der Waals surface area contributed by atoms with Crippen molar-refractivity contribution in [3.8, 4) is 11.3 Å². The Balaban J connectivity index is 1.80. The van der Waals surface area contributed by atoms with Crippen molar-refractivity contribution < 1.29 is 22.5 Å². The predicted octanol–water partition coefficient (Wildman–Crippen LogP) is 4.43. The van der Waals surface area contributed by atoms with Gasteiger partial charge in [-0.2, -0.15) is 13.2 Å². The summed E-state index contributed by atoms with van der Waals surface area (Å²) >= 11 is 0. The third-order valence-electron chi connectivity index (χ3n) is 4.77. The number of alkyl halides is 3. The van der Waals surface area contributed by atoms with E-state index in [1.807, 2.05) is 6.07 Å². The summed E-state index contributed by atoms with van der Waals surface area (Å²) in [6.07, 6.45) is -5.03. The third kappa shape index (κ3) is 4.35. The molecule has 1 atom stereocenters. The molecule has 4 rings (SSSR count). The summed E-state index contributed by atoms with van der Waals surface area (Å²) in [5, 5.41) is 6.91. The summed E-state index contributed by atoms with van der Waals surface area (Å²) in [5.74, 6) is -1.81. The van der Waals surface area contributed by atoms with Crippen LogP contribution in [-0.2, 0) is 11.2 Å². The van der Waals surface area contributed by atoms with E-state index >= 15 is 0 Å². The number of nitrogens with two attached hydrogens (primary N) is 1. The minimum absolute atomic E-state index is 0.000340. The summed E-state index contributed by atoms with van der Waals surface area (Å²) in [6.45, 7) is 0. The summed E-state index contributed by atoms with van der Waals surface area (Å²) in [5.41, 5.74) is 8.15. The number of carbonyl (C=O) groups is 1. The van der Waals surface area contributed by atoms with E-state index in [9.17, 15) is 18.0 Å². The Morgan fingerprint density at radius 2 is 1.77 bits per heavy atom. The number of nitrogens with one attached hydrogen (secondary N) is 1. The van der Waals surface area contributed by atoms with Gasteiger partial charge in [0.1, 0.15) is 11.5 Å². The van der Waals surface area contributed by atoms with Crippen LogP contribution in [0.25, 0.3) is 22.2 Å². The van der Waals surface area contributed by atoms with Gasteiger partial charge in [0.2, 0.25) is 0 Å². The Morgan fingerprint density at radius 3 is 2.55 bits per heavy atom. The minimum atomic E-state index is -5.03. The summed E-state index contributed by atoms with van der Waals surface area (Å²) in [6, 6.07) is 17.8. The standard InChI is InChI=1S/C22H17F3N4O2/c23-22(24,25)21(30)28-17(12-13-6-5-11-19(26)27-13)14-7-1-2-8-15(14)20-16-9-3-4-10-18(16)31-29-20/h1-11,17H,12H2,(H2,26,27)(H,28,30). The van der Waals surface area contributed by atoms with Crippen LogP contribution in [0.1, 0.15) is 17.3 Å². The van der Waals surface area contributed by atoms with Crippen LogP contribution in [0, 0.1) is 0 Å². The molecule has 2 aromatic heterocycles. The monoisotopic (exact) mass is 426 g/mol. The largest absolute Gasteiger partial charge is 0.471 e. The zero-order valence-electron chi connectivity index (χ0n) is 16.1. The van der Waals surface area contributed by atoms with Crippen molar-refractivity contribution in [1.82, 2.24) is 15.5 Å². The molecular formula is C22H17F3N4O2. The molecule has 0 saturated heterocycles. The van der Waals surface area contributed by atoms with Crippen LogP contribution >= 0.6 is 0 Å². The molecule has 0 aliphatic carbocycles. The zero-order chi connectivity index (χ0) is 22.0. The molecule has 4 aromatic rings. The average Bonchev–Trinajstić information content (AvgIpc) is 3.16. The fraction of sp³-hybridized carbons (Fsp3) is 0.136. The number of amides is 1. The molecule has 3 N–H and O–H groups in total. The molecule has 6 nitrogen and oxygen atoms in total. The summed E-state index contributed by atoms with van der Waals surface area (Å²) in [4.78, 5) is 16.0. The van der Waals surface area contributed by atoms with Gasteiger partial charge in [-0.05, 0) is 29.8 Å². The normalized spacial score (nSPS) is 12.6. The topological polar surface area (TPSA) is 94.0 Å². The molecule has 2 aromatic carbocycles. The molecule has 0 radical (unpaired) electrons. The number of fused-ring (bicyclic) bond motifs is 1. The highest BCUT2D eigenvalue weighted by Gasteiger charge is 2.40. The predicted molar refractivity (Wildman–Crippen MR) is 109 cm³/mol. The van der Waals surface area contributed by atoms with Gasteiger partial charge >= 0.3 is 12.1 Å². The number of pyridine rings is 1. The maximum absolute atomic E-state index is 13.0. The first-order chi connectivity index (χ1) is 14.8. The number of hydrogen-bond acceptors (Lipinski definition) is 5. The number of hydrogen-bond donors (Lipinski definition) is 2. The fourth-order valence-corrected chi connectivity index (χ4v) is 3.40. The van der Waals surface area contributed by atoms with Crippen LogP contribution in [-0.4, -0.2) is 22.2 Å². The van der Waals surface area contributed by atoms with Crippen LogP contribution < -0.4 is 11.1 Å². The first-order valence-corrected chi connectivity index (χ1v) is 9.36. The number of benzene rings is 2. The lowest BCUT2D eigenvalue weighted by Gasteiger charge is -2.22. The number of rotatable bonds is 5. The van der Waals surface area contributed by atoms with Crippen LogP contribution in [0.2, 0.25) is 0 Å². The molecule has 158 valence electrons. The van der Waals surface area contributed by atoms with Crippen molar-refractivity contribution >= 4 is 22.7 Å². The van der Waals surface area contributed by atoms with Gasteiger partial charge in [0.25, 0.3) is 0 Å². The molecule has 0 saturated carbocycles. The van der Waals surface area contributed by atoms with Crippen LogP contribution in [0.3, 0.4) is 0 Å². The van der Waals surface area contributed by atoms with Crippen LogP contribution in [0.4, 0.5) is 19.0 Å². The number of halogens is 3. The first kappa shape index (κ1) is 20.4. The van der Waals surface area contributed by atoms with Crippen molar-refractivity contribution in [2.75, 3.05) is 5.73 Å². The Labute approximate surface area is 174 Å². The van der Waals surface area contributed by atoms with Gasteiger partial charge in [-0.15, -0.1) is 0 Å². The van der Waals surface area contributed by atoms with Gasteiger partial charge < -0.3 is 15.6 Å². The van der Waals surface area contributed by atoms with Crippen LogP contribution in [0.15, 0.2) is 71.3 Å². The maximum Gasteiger partial charge on any atom is 0.471 e. The van der Waals surface area contributed by atoms with Gasteiger partial charge in [-0.1, -0.05) is 47.6 Å². The first-order valence-electron chi connectivity index (χ1n) is 9.36. The van der Waals surface area contributed by atoms with Crippen molar-refractivity contribution in [2.45, 2.75) is 18.6 Å². The van der Waals surface area contributed by atoms with E-state index in [2.05, 4.69) is 15.5 Å². The summed E-state index contributed by atoms with van der Waals surface area (Å²) < 4.78 is 44.5. The zero-order valence-corrected chi connectivity index (χ0v) is 16.1. The number of nitrogen functional groups attached to an aromatic ring is 1. The molecule has 31 heavy (non-hydrogen) atoms. The molecule has 0 bridgehead atoms. The second-order valence-electron chi connectivity index (χ2n) is 6.90. The Hall–Kier alpha value is -3.88. The quantitative estimate of drug-likeness (QED) is 0.492. The molecule has 2 heterocycles. The van der Waals surface area contributed by atoms with Crippen LogP contribution in [0.5, 0.6) is 0 Å². The van der Waals surface area contributed by atoms with Crippen molar-refractivity contribution in [2.24, 2.45) is 0 Å². The lowest BCUT2D eigenvalue weighted by Crippen LogP contribution is -2.40. The molecule has 0 aliphatic rings. The third-order valence-corrected chi connectivity index (χ3v) is 4.77. The van der Waals surface area contributed by atoms with E-state index in [-0.39, 0.29) is 12.2 Å². The Kier molecular flexibility index (Phi) is 5.33. The molecule has 9 heteroatoms. The average molecular weight is 426 g/mol. The summed E-state index contributed by atoms with van der Waals surface area (Å²) in [7, 11) is 0. The lowest BCUT2D eigenvalue weighted by molar-refractivity contribution is -0.174. The minimum Gasteiger partial charge on any atom is -0.384 e. The smallest absolute Gasteiger partial charge is 0.384 e. The lowest BCUT2D eigenvalue weighted by atomic mass is 9.93. The number of nitrogens with zero attached hydrogens (tertiary/aromatic N) is 2. The number of carbonyl (C=O) groups excluding carboxylic acids is 1. The van der Waals surface area contributed by atoms with Gasteiger partial charge in [-0.25, -0.2) is 4.98 Å². The second kappa shape index (κ2) is 8.10. The molecule has 0 fully saturated rings. The highest BCUT2D eigenvalue weighted by molar-refractivity contribution is 5.92. The highest BCUT2D eigenvalue weighted by atomic mass is 19.4. The van der Waals surface area contributed by atoms with Crippen molar-refractivity contribution in [3.63, 3.8) is 0 Å². The molecule has 1 unspecified atom stereocenters. The molecule has 0 aliphatic heterocycles. The van der Waals surface area contributed by atoms with Gasteiger partial charge in [0.15, 0.2) is 5.58 Å². The van der Waals surface area contributed by atoms with Crippen molar-refractivity contribution in [1.29, 1.82) is 0 Å². The fourth-order valence-electron chi connectivity index (χ4n) is 3.40. The van der Waals surface area contributed by atoms with E-state index in [0.717, 1.165) is 0 Å². The van der Waals surface area contributed by atoms with E-state index in [1.165, 1.54) is 0 Å². The maximum atomic E-state index is 13.0. The molecular weight excluding hydrogens is 409 g/mol. The highest BCUT2D eigenvalue weighted by Crippen LogP contribution is 2.34. The van der Waals surface area contributed by atoms with E-state index < -0.39 is 18.1 Å². The Bertz CT molecular complexity index is 1240. The van der Waals surface area contributed by atoms with E-state index in [4.69, 9.17) is 10.3 Å². The van der Waals surface area contributed by atoms with Gasteiger partial charge in [0, 0.05) is 23.1 Å². The Morgan fingerprint density at radius 1 is 1.03 bits per heavy atom. The number of anilines is 1. The van der Waals surface area contributed by atoms with E-state index in [1.54, 1.807) is 60.7 Å².